The van der Waals surface area contributed by atoms with Crippen LogP contribution in [0, 0.1) is 0 Å². The summed E-state index contributed by atoms with van der Waals surface area (Å²) in [4.78, 5) is 36.0. The third kappa shape index (κ3) is 4.97. The number of nitrogens with zero attached hydrogens (tertiary/aromatic N) is 1. The van der Waals surface area contributed by atoms with Gasteiger partial charge in [-0.15, -0.1) is 0 Å². The predicted octanol–water partition coefficient (Wildman–Crippen LogP) is -0.359. The number of nitrogens with one attached hydrogen (secondary N) is 1. The van der Waals surface area contributed by atoms with Crippen LogP contribution in [-0.4, -0.2) is 59.0 Å². The Balaban J connectivity index is 2.77. The second kappa shape index (κ2) is 8.13. The molecule has 0 radical (unpaired) electrons. The molecule has 0 saturated carbocycles. The SMILES string of the molecule is CC(=O)c1cccc(NC(=O)C(=O)N(CCO)CCO)c1. The molecule has 0 aliphatic carbocycles. The molecule has 0 aliphatic rings. The van der Waals surface area contributed by atoms with E-state index in [1.807, 2.05) is 0 Å². The van der Waals surface area contributed by atoms with Crippen LogP contribution >= 0.6 is 0 Å². The van der Waals surface area contributed by atoms with Crippen LogP contribution in [0.4, 0.5) is 5.69 Å². The number of aliphatic hydroxyl groups is 2. The highest BCUT2D eigenvalue weighted by Crippen LogP contribution is 2.11. The molecule has 7 nitrogen and oxygen atoms in total. The van der Waals surface area contributed by atoms with Crippen molar-refractivity contribution < 1.29 is 24.6 Å². The zero-order valence-corrected chi connectivity index (χ0v) is 11.7. The first-order chi connectivity index (χ1) is 9.99. The number of benzene rings is 1. The summed E-state index contributed by atoms with van der Waals surface area (Å²) in [6.07, 6.45) is 0. The number of aliphatic hydroxyl groups excluding tert-OH is 2. The van der Waals surface area contributed by atoms with Crippen molar-refractivity contribution in [3.05, 3.63) is 29.8 Å². The fraction of sp³-hybridized carbons (Fsp3) is 0.357. The van der Waals surface area contributed by atoms with E-state index < -0.39 is 11.8 Å². The third-order valence-corrected chi connectivity index (χ3v) is 2.75. The molecule has 7 heteroatoms. The van der Waals surface area contributed by atoms with Crippen molar-refractivity contribution in [1.82, 2.24) is 4.90 Å². The number of rotatable bonds is 6. The van der Waals surface area contributed by atoms with Crippen LogP contribution in [-0.2, 0) is 9.59 Å². The summed E-state index contributed by atoms with van der Waals surface area (Å²) in [6, 6.07) is 6.22. The van der Waals surface area contributed by atoms with Crippen molar-refractivity contribution in [3.8, 4) is 0 Å². The summed E-state index contributed by atoms with van der Waals surface area (Å²) in [7, 11) is 0. The first-order valence-corrected chi connectivity index (χ1v) is 6.42. The van der Waals surface area contributed by atoms with E-state index >= 15 is 0 Å². The molecule has 21 heavy (non-hydrogen) atoms. The monoisotopic (exact) mass is 294 g/mol. The van der Waals surface area contributed by atoms with E-state index in [1.54, 1.807) is 18.2 Å². The van der Waals surface area contributed by atoms with Gasteiger partial charge in [-0.25, -0.2) is 0 Å². The van der Waals surface area contributed by atoms with Gasteiger partial charge in [0.2, 0.25) is 0 Å². The second-order valence-electron chi connectivity index (χ2n) is 4.33. The summed E-state index contributed by atoms with van der Waals surface area (Å²) in [5, 5.41) is 20.1. The van der Waals surface area contributed by atoms with Crippen LogP contribution in [0.5, 0.6) is 0 Å². The zero-order chi connectivity index (χ0) is 15.8. The topological polar surface area (TPSA) is 107 Å². The Labute approximate surface area is 122 Å². The van der Waals surface area contributed by atoms with Crippen molar-refractivity contribution in [1.29, 1.82) is 0 Å². The van der Waals surface area contributed by atoms with Gasteiger partial charge in [-0.1, -0.05) is 12.1 Å². The molecule has 1 aromatic carbocycles. The normalized spacial score (nSPS) is 10.0. The lowest BCUT2D eigenvalue weighted by Crippen LogP contribution is -2.42. The van der Waals surface area contributed by atoms with Gasteiger partial charge in [0, 0.05) is 24.3 Å². The van der Waals surface area contributed by atoms with Crippen LogP contribution in [0.25, 0.3) is 0 Å². The van der Waals surface area contributed by atoms with Crippen LogP contribution in [0.3, 0.4) is 0 Å². The molecular weight excluding hydrogens is 276 g/mol. The van der Waals surface area contributed by atoms with Crippen LogP contribution < -0.4 is 5.32 Å². The van der Waals surface area contributed by atoms with E-state index in [9.17, 15) is 14.4 Å². The largest absolute Gasteiger partial charge is 0.395 e. The van der Waals surface area contributed by atoms with E-state index in [-0.39, 0.29) is 32.1 Å². The number of hydrogen-bond donors (Lipinski definition) is 3. The van der Waals surface area contributed by atoms with Crippen LogP contribution in [0.2, 0.25) is 0 Å². The van der Waals surface area contributed by atoms with Crippen molar-refractivity contribution >= 4 is 23.3 Å². The number of carbonyl (C=O) groups excluding carboxylic acids is 3. The first-order valence-electron chi connectivity index (χ1n) is 6.42. The van der Waals surface area contributed by atoms with Gasteiger partial charge in [-0.2, -0.15) is 0 Å². The summed E-state index contributed by atoms with van der Waals surface area (Å²) in [5.74, 6) is -1.90. The molecule has 114 valence electrons. The Morgan fingerprint density at radius 1 is 1.14 bits per heavy atom. The van der Waals surface area contributed by atoms with E-state index in [0.29, 0.717) is 11.3 Å². The highest BCUT2D eigenvalue weighted by atomic mass is 16.3. The molecule has 0 saturated heterocycles. The Kier molecular flexibility index (Phi) is 6.51. The quantitative estimate of drug-likeness (QED) is 0.490. The molecule has 0 spiro atoms. The van der Waals surface area contributed by atoms with Crippen LogP contribution in [0.15, 0.2) is 24.3 Å². The smallest absolute Gasteiger partial charge is 0.313 e. The fourth-order valence-electron chi connectivity index (χ4n) is 1.70. The average molecular weight is 294 g/mol. The van der Waals surface area contributed by atoms with E-state index in [4.69, 9.17) is 10.2 Å². The Morgan fingerprint density at radius 2 is 1.76 bits per heavy atom. The molecule has 0 fully saturated rings. The van der Waals surface area contributed by atoms with E-state index in [2.05, 4.69) is 5.32 Å². The number of anilines is 1. The first kappa shape index (κ1) is 16.8. The Morgan fingerprint density at radius 3 is 2.29 bits per heavy atom. The minimum Gasteiger partial charge on any atom is -0.395 e. The number of Topliss-reactive ketones (excluding diaryl/α,β-unsaturated/α-hetero) is 1. The van der Waals surface area contributed by atoms with Crippen molar-refractivity contribution in [2.75, 3.05) is 31.6 Å². The summed E-state index contributed by atoms with van der Waals surface area (Å²) < 4.78 is 0. The Bertz CT molecular complexity index is 524. The lowest BCUT2D eigenvalue weighted by atomic mass is 10.1. The van der Waals surface area contributed by atoms with Crippen LogP contribution in [0.1, 0.15) is 17.3 Å². The Hall–Kier alpha value is -2.25. The molecule has 2 amide bonds. The van der Waals surface area contributed by atoms with Gasteiger partial charge in [-0.3, -0.25) is 14.4 Å². The zero-order valence-electron chi connectivity index (χ0n) is 11.7. The summed E-state index contributed by atoms with van der Waals surface area (Å²) in [6.45, 7) is 0.703. The maximum absolute atomic E-state index is 11.9. The summed E-state index contributed by atoms with van der Waals surface area (Å²) >= 11 is 0. The van der Waals surface area contributed by atoms with Gasteiger partial charge >= 0.3 is 11.8 Å². The molecule has 0 aromatic heterocycles. The second-order valence-corrected chi connectivity index (χ2v) is 4.33. The van der Waals surface area contributed by atoms with Gasteiger partial charge in [0.25, 0.3) is 0 Å². The van der Waals surface area contributed by atoms with E-state index in [0.717, 1.165) is 4.90 Å². The summed E-state index contributed by atoms with van der Waals surface area (Å²) in [5.41, 5.74) is 0.747. The molecule has 0 bridgehead atoms. The van der Waals surface area contributed by atoms with Crippen molar-refractivity contribution in [2.24, 2.45) is 0 Å². The molecule has 0 heterocycles. The maximum Gasteiger partial charge on any atom is 0.313 e. The molecule has 3 N–H and O–H groups in total. The molecule has 1 aromatic rings. The molecule has 0 unspecified atom stereocenters. The lowest BCUT2D eigenvalue weighted by Gasteiger charge is -2.19. The number of amides is 2. The predicted molar refractivity (Wildman–Crippen MR) is 75.8 cm³/mol. The number of carbonyl (C=O) groups is 3. The fourth-order valence-corrected chi connectivity index (χ4v) is 1.70. The minimum atomic E-state index is -0.891. The third-order valence-electron chi connectivity index (χ3n) is 2.75. The minimum absolute atomic E-state index is 0.0414. The van der Waals surface area contributed by atoms with Gasteiger partial charge in [0.15, 0.2) is 5.78 Å². The van der Waals surface area contributed by atoms with E-state index in [1.165, 1.54) is 13.0 Å². The lowest BCUT2D eigenvalue weighted by molar-refractivity contribution is -0.143. The van der Waals surface area contributed by atoms with Gasteiger partial charge < -0.3 is 20.4 Å². The maximum atomic E-state index is 11.9. The standard InChI is InChI=1S/C14H18N2O5/c1-10(19)11-3-2-4-12(9-11)15-13(20)14(21)16(5-7-17)6-8-18/h2-4,9,17-18H,5-8H2,1H3,(H,15,20). The molecule has 0 aliphatic heterocycles. The molecular formula is C14H18N2O5. The number of hydrogen-bond acceptors (Lipinski definition) is 5. The van der Waals surface area contributed by atoms with Gasteiger partial charge in [-0.05, 0) is 19.1 Å². The molecule has 1 rings (SSSR count). The number of ketones is 1. The van der Waals surface area contributed by atoms with Crippen molar-refractivity contribution in [3.63, 3.8) is 0 Å². The van der Waals surface area contributed by atoms with Gasteiger partial charge in [0.1, 0.15) is 0 Å². The molecule has 0 atom stereocenters. The van der Waals surface area contributed by atoms with Crippen molar-refractivity contribution in [2.45, 2.75) is 6.92 Å². The van der Waals surface area contributed by atoms with Gasteiger partial charge in [0.05, 0.1) is 13.2 Å². The average Bonchev–Trinajstić information content (AvgIpc) is 2.46. The highest BCUT2D eigenvalue weighted by molar-refractivity contribution is 6.39. The highest BCUT2D eigenvalue weighted by Gasteiger charge is 2.21.